The van der Waals surface area contributed by atoms with Crippen LogP contribution in [0.5, 0.6) is 0 Å². The first-order chi connectivity index (χ1) is 10.1. The number of hydrogen-bond acceptors (Lipinski definition) is 5. The van der Waals surface area contributed by atoms with Crippen LogP contribution >= 0.6 is 11.8 Å². The van der Waals surface area contributed by atoms with Gasteiger partial charge in [-0.1, -0.05) is 24.3 Å². The van der Waals surface area contributed by atoms with E-state index in [2.05, 4.69) is 5.32 Å². The SMILES string of the molecule is CCOC(OCC)c1ccc(/C=C2\SC(=O)NC2=N)cc1. The summed E-state index contributed by atoms with van der Waals surface area (Å²) in [6.45, 7) is 5.02. The molecule has 2 rings (SSSR count). The number of rotatable bonds is 6. The molecule has 1 amide bonds. The Labute approximate surface area is 128 Å². The molecule has 0 saturated carbocycles. The Balaban J connectivity index is 2.13. The third kappa shape index (κ3) is 4.17. The molecule has 0 aromatic heterocycles. The molecule has 112 valence electrons. The topological polar surface area (TPSA) is 71.4 Å². The number of carbonyl (C=O) groups excluding carboxylic acids is 1. The molecule has 1 saturated heterocycles. The van der Waals surface area contributed by atoms with Gasteiger partial charge >= 0.3 is 0 Å². The Morgan fingerprint density at radius 3 is 2.33 bits per heavy atom. The zero-order valence-corrected chi connectivity index (χ0v) is 12.8. The van der Waals surface area contributed by atoms with Crippen LogP contribution in [0.1, 0.15) is 31.3 Å². The molecule has 0 radical (unpaired) electrons. The molecule has 1 aromatic rings. The number of amidine groups is 1. The van der Waals surface area contributed by atoms with Crippen LogP contribution in [-0.2, 0) is 9.47 Å². The molecule has 6 heteroatoms. The molecule has 0 unspecified atom stereocenters. The third-order valence-corrected chi connectivity index (χ3v) is 3.65. The number of ether oxygens (including phenoxy) is 2. The fourth-order valence-electron chi connectivity index (χ4n) is 1.89. The molecule has 0 bridgehead atoms. The van der Waals surface area contributed by atoms with Gasteiger partial charge in [-0.2, -0.15) is 0 Å². The molecule has 0 atom stereocenters. The van der Waals surface area contributed by atoms with Crippen molar-refractivity contribution in [3.8, 4) is 0 Å². The first kappa shape index (κ1) is 15.8. The Bertz CT molecular complexity index is 549. The zero-order chi connectivity index (χ0) is 15.2. The molecular weight excluding hydrogens is 288 g/mol. The van der Waals surface area contributed by atoms with Gasteiger partial charge in [0, 0.05) is 18.8 Å². The van der Waals surface area contributed by atoms with Gasteiger partial charge in [0.15, 0.2) is 6.29 Å². The third-order valence-electron chi connectivity index (χ3n) is 2.82. The predicted molar refractivity (Wildman–Crippen MR) is 84.3 cm³/mol. The van der Waals surface area contributed by atoms with E-state index >= 15 is 0 Å². The van der Waals surface area contributed by atoms with Gasteiger partial charge in [0.1, 0.15) is 5.84 Å². The van der Waals surface area contributed by atoms with Gasteiger partial charge in [-0.3, -0.25) is 10.2 Å². The van der Waals surface area contributed by atoms with Crippen LogP contribution in [0, 0.1) is 5.41 Å². The lowest BCUT2D eigenvalue weighted by molar-refractivity contribution is -0.140. The summed E-state index contributed by atoms with van der Waals surface area (Å²) in [6.07, 6.45) is 1.45. The molecule has 1 fully saturated rings. The summed E-state index contributed by atoms with van der Waals surface area (Å²) in [6, 6.07) is 7.70. The lowest BCUT2D eigenvalue weighted by atomic mass is 10.1. The molecule has 1 aliphatic rings. The van der Waals surface area contributed by atoms with Gasteiger partial charge in [0.05, 0.1) is 4.91 Å². The van der Waals surface area contributed by atoms with Crippen molar-refractivity contribution in [3.63, 3.8) is 0 Å². The Kier molecular flexibility index (Phi) is 5.55. The van der Waals surface area contributed by atoms with Crippen molar-refractivity contribution in [2.45, 2.75) is 20.1 Å². The number of hydrogen-bond donors (Lipinski definition) is 2. The largest absolute Gasteiger partial charge is 0.349 e. The summed E-state index contributed by atoms with van der Waals surface area (Å²) in [5.41, 5.74) is 1.87. The number of amides is 1. The Morgan fingerprint density at radius 1 is 1.24 bits per heavy atom. The Morgan fingerprint density at radius 2 is 1.86 bits per heavy atom. The zero-order valence-electron chi connectivity index (χ0n) is 12.0. The summed E-state index contributed by atoms with van der Waals surface area (Å²) >= 11 is 1.03. The molecule has 0 spiro atoms. The van der Waals surface area contributed by atoms with E-state index in [4.69, 9.17) is 14.9 Å². The van der Waals surface area contributed by atoms with E-state index in [0.717, 1.165) is 22.9 Å². The second-order valence-electron chi connectivity index (χ2n) is 4.31. The maximum Gasteiger partial charge on any atom is 0.289 e. The van der Waals surface area contributed by atoms with Crippen LogP contribution in [0.4, 0.5) is 4.79 Å². The molecule has 1 aliphatic heterocycles. The van der Waals surface area contributed by atoms with E-state index in [0.29, 0.717) is 18.1 Å². The van der Waals surface area contributed by atoms with Crippen LogP contribution in [0.25, 0.3) is 6.08 Å². The lowest BCUT2D eigenvalue weighted by Crippen LogP contribution is -2.17. The minimum Gasteiger partial charge on any atom is -0.349 e. The van der Waals surface area contributed by atoms with E-state index in [-0.39, 0.29) is 17.4 Å². The van der Waals surface area contributed by atoms with Crippen molar-refractivity contribution < 1.29 is 14.3 Å². The van der Waals surface area contributed by atoms with Gasteiger partial charge < -0.3 is 14.8 Å². The highest BCUT2D eigenvalue weighted by Crippen LogP contribution is 2.26. The van der Waals surface area contributed by atoms with Gasteiger partial charge in [-0.15, -0.1) is 0 Å². The minimum atomic E-state index is -0.357. The highest BCUT2D eigenvalue weighted by atomic mass is 32.2. The van der Waals surface area contributed by atoms with Crippen LogP contribution in [0.15, 0.2) is 29.2 Å². The van der Waals surface area contributed by atoms with Gasteiger partial charge in [-0.25, -0.2) is 0 Å². The van der Waals surface area contributed by atoms with E-state index in [1.54, 1.807) is 0 Å². The second kappa shape index (κ2) is 7.40. The first-order valence-electron chi connectivity index (χ1n) is 6.76. The summed E-state index contributed by atoms with van der Waals surface area (Å²) < 4.78 is 11.1. The highest BCUT2D eigenvalue weighted by molar-refractivity contribution is 8.18. The average Bonchev–Trinajstić information content (AvgIpc) is 2.77. The molecule has 2 N–H and O–H groups in total. The van der Waals surface area contributed by atoms with Crippen LogP contribution in [0.2, 0.25) is 0 Å². The number of nitrogens with one attached hydrogen (secondary N) is 2. The van der Waals surface area contributed by atoms with Gasteiger partial charge in [0.25, 0.3) is 5.24 Å². The maximum absolute atomic E-state index is 11.2. The summed E-state index contributed by atoms with van der Waals surface area (Å²) in [5, 5.41) is 9.88. The molecule has 5 nitrogen and oxygen atoms in total. The molecular formula is C15H18N2O3S. The molecule has 21 heavy (non-hydrogen) atoms. The molecule has 1 aromatic carbocycles. The van der Waals surface area contributed by atoms with Crippen molar-refractivity contribution in [2.75, 3.05) is 13.2 Å². The average molecular weight is 306 g/mol. The first-order valence-corrected chi connectivity index (χ1v) is 7.58. The maximum atomic E-state index is 11.2. The van der Waals surface area contributed by atoms with Crippen molar-refractivity contribution in [2.24, 2.45) is 0 Å². The van der Waals surface area contributed by atoms with Crippen LogP contribution in [-0.4, -0.2) is 24.3 Å². The Hall–Kier alpha value is -1.63. The standard InChI is InChI=1S/C15H18N2O3S/c1-3-19-14(20-4-2)11-7-5-10(6-8-11)9-12-13(16)17-15(18)21-12/h5-9,14H,3-4H2,1-2H3,(H2,16,17,18)/b12-9-. The summed E-state index contributed by atoms with van der Waals surface area (Å²) in [7, 11) is 0. The van der Waals surface area contributed by atoms with E-state index < -0.39 is 0 Å². The lowest BCUT2D eigenvalue weighted by Gasteiger charge is -2.17. The van der Waals surface area contributed by atoms with E-state index in [9.17, 15) is 4.79 Å². The normalized spacial score (nSPS) is 16.8. The number of thioether (sulfide) groups is 1. The fourth-order valence-corrected chi connectivity index (χ4v) is 2.59. The van der Waals surface area contributed by atoms with Crippen LogP contribution < -0.4 is 5.32 Å². The summed E-state index contributed by atoms with van der Waals surface area (Å²) in [5.74, 6) is 0.149. The smallest absolute Gasteiger partial charge is 0.289 e. The van der Waals surface area contributed by atoms with Crippen molar-refractivity contribution in [1.82, 2.24) is 5.32 Å². The highest BCUT2D eigenvalue weighted by Gasteiger charge is 2.21. The number of benzene rings is 1. The summed E-state index contributed by atoms with van der Waals surface area (Å²) in [4.78, 5) is 11.8. The predicted octanol–water partition coefficient (Wildman–Crippen LogP) is 3.53. The van der Waals surface area contributed by atoms with Gasteiger partial charge in [0.2, 0.25) is 0 Å². The van der Waals surface area contributed by atoms with Crippen molar-refractivity contribution in [1.29, 1.82) is 5.41 Å². The molecule has 1 heterocycles. The van der Waals surface area contributed by atoms with Crippen molar-refractivity contribution in [3.05, 3.63) is 40.3 Å². The van der Waals surface area contributed by atoms with Crippen molar-refractivity contribution >= 4 is 28.9 Å². The monoisotopic (exact) mass is 306 g/mol. The van der Waals surface area contributed by atoms with E-state index in [1.165, 1.54) is 0 Å². The van der Waals surface area contributed by atoms with E-state index in [1.807, 2.05) is 44.2 Å². The quantitative estimate of drug-likeness (QED) is 0.789. The fraction of sp³-hybridized carbons (Fsp3) is 0.333. The van der Waals surface area contributed by atoms with Gasteiger partial charge in [-0.05, 0) is 37.2 Å². The second-order valence-corrected chi connectivity index (χ2v) is 5.32. The molecule has 0 aliphatic carbocycles. The number of carbonyl (C=O) groups is 1. The van der Waals surface area contributed by atoms with Crippen LogP contribution in [0.3, 0.4) is 0 Å². The minimum absolute atomic E-state index is 0.149.